The van der Waals surface area contributed by atoms with E-state index in [0.29, 0.717) is 18.0 Å². The van der Waals surface area contributed by atoms with E-state index >= 15 is 0 Å². The molecule has 1 heterocycles. The van der Waals surface area contributed by atoms with Crippen molar-refractivity contribution < 1.29 is 0 Å². The summed E-state index contributed by atoms with van der Waals surface area (Å²) in [5.41, 5.74) is 1.41. The molecule has 26 heavy (non-hydrogen) atoms. The highest BCUT2D eigenvalue weighted by atomic mass is 15.2. The molecule has 1 aliphatic carbocycles. The predicted molar refractivity (Wildman–Crippen MR) is 109 cm³/mol. The van der Waals surface area contributed by atoms with Gasteiger partial charge in [0.05, 0.1) is 0 Å². The van der Waals surface area contributed by atoms with Gasteiger partial charge < -0.3 is 15.5 Å². The molecule has 1 aromatic heterocycles. The van der Waals surface area contributed by atoms with Gasteiger partial charge in [0.1, 0.15) is 5.82 Å². The number of aromatic nitrogens is 2. The molecule has 1 fully saturated rings. The highest BCUT2D eigenvalue weighted by Crippen LogP contribution is 2.22. The van der Waals surface area contributed by atoms with Crippen LogP contribution in [0.15, 0.2) is 42.6 Å². The molecular weight excluding hydrogens is 322 g/mol. The molecule has 5 heteroatoms. The summed E-state index contributed by atoms with van der Waals surface area (Å²) in [6.45, 7) is 3.34. The third kappa shape index (κ3) is 5.18. The van der Waals surface area contributed by atoms with Gasteiger partial charge in [-0.2, -0.15) is 4.98 Å². The molecule has 5 nitrogen and oxygen atoms in total. The summed E-state index contributed by atoms with van der Waals surface area (Å²) in [5.74, 6) is 2.23. The van der Waals surface area contributed by atoms with Crippen molar-refractivity contribution in [1.29, 1.82) is 0 Å². The Hall–Kier alpha value is -2.14. The molecule has 2 N–H and O–H groups in total. The molecule has 2 aromatic rings. The fourth-order valence-corrected chi connectivity index (χ4v) is 3.54. The number of anilines is 2. The molecule has 1 unspecified atom stereocenters. The molecular formula is C21H31N5. The Morgan fingerprint density at radius 1 is 1.04 bits per heavy atom. The number of hydrogen-bond acceptors (Lipinski definition) is 5. The first-order valence-electron chi connectivity index (χ1n) is 9.67. The topological polar surface area (TPSA) is 53.1 Å². The molecule has 140 valence electrons. The smallest absolute Gasteiger partial charge is 0.224 e. The van der Waals surface area contributed by atoms with Crippen LogP contribution in [0.25, 0.3) is 0 Å². The maximum absolute atomic E-state index is 4.57. The molecule has 0 amide bonds. The second kappa shape index (κ2) is 8.99. The van der Waals surface area contributed by atoms with E-state index in [9.17, 15) is 0 Å². The lowest BCUT2D eigenvalue weighted by Gasteiger charge is -2.30. The molecule has 0 bridgehead atoms. The van der Waals surface area contributed by atoms with Gasteiger partial charge in [-0.05, 0) is 43.2 Å². The Kier molecular flexibility index (Phi) is 6.45. The summed E-state index contributed by atoms with van der Waals surface area (Å²) in [7, 11) is 4.00. The van der Waals surface area contributed by atoms with E-state index in [0.717, 1.165) is 31.2 Å². The van der Waals surface area contributed by atoms with Crippen LogP contribution in [-0.4, -0.2) is 42.7 Å². The summed E-state index contributed by atoms with van der Waals surface area (Å²) in [6, 6.07) is 13.8. The Labute approximate surface area is 157 Å². The lowest BCUT2D eigenvalue weighted by Crippen LogP contribution is -2.38. The Morgan fingerprint density at radius 2 is 1.73 bits per heavy atom. The Morgan fingerprint density at radius 3 is 2.42 bits per heavy atom. The molecule has 0 saturated heterocycles. The molecule has 0 spiro atoms. The minimum Gasteiger partial charge on any atom is -0.363 e. The van der Waals surface area contributed by atoms with Gasteiger partial charge in [0.2, 0.25) is 5.95 Å². The molecule has 1 aliphatic rings. The zero-order chi connectivity index (χ0) is 18.4. The second-order valence-electron chi connectivity index (χ2n) is 7.55. The van der Waals surface area contributed by atoms with Crippen LogP contribution in [0.4, 0.5) is 11.8 Å². The average molecular weight is 354 g/mol. The van der Waals surface area contributed by atoms with E-state index in [1.807, 2.05) is 31.3 Å². The van der Waals surface area contributed by atoms with Gasteiger partial charge in [-0.25, -0.2) is 4.98 Å². The lowest BCUT2D eigenvalue weighted by molar-refractivity contribution is 0.348. The minimum absolute atomic E-state index is 0.469. The van der Waals surface area contributed by atoms with Crippen LogP contribution in [0.3, 0.4) is 0 Å². The predicted octanol–water partition coefficient (Wildman–Crippen LogP) is 3.66. The molecule has 1 saturated carbocycles. The quantitative estimate of drug-likeness (QED) is 0.796. The highest BCUT2D eigenvalue weighted by molar-refractivity contribution is 5.41. The first kappa shape index (κ1) is 18.6. The monoisotopic (exact) mass is 353 g/mol. The van der Waals surface area contributed by atoms with Crippen molar-refractivity contribution in [3.05, 3.63) is 48.2 Å². The molecule has 3 rings (SSSR count). The fraction of sp³-hybridized carbons (Fsp3) is 0.524. The van der Waals surface area contributed by atoms with Crippen molar-refractivity contribution in [2.24, 2.45) is 0 Å². The van der Waals surface area contributed by atoms with Crippen molar-refractivity contribution in [2.75, 3.05) is 30.9 Å². The number of rotatable bonds is 7. The van der Waals surface area contributed by atoms with Crippen LogP contribution >= 0.6 is 0 Å². The van der Waals surface area contributed by atoms with Crippen molar-refractivity contribution in [3.8, 4) is 0 Å². The first-order valence-corrected chi connectivity index (χ1v) is 9.67. The largest absolute Gasteiger partial charge is 0.363 e. The van der Waals surface area contributed by atoms with Gasteiger partial charge >= 0.3 is 0 Å². The average Bonchev–Trinajstić information content (AvgIpc) is 2.68. The highest BCUT2D eigenvalue weighted by Gasteiger charge is 2.22. The minimum atomic E-state index is 0.469. The van der Waals surface area contributed by atoms with Crippen molar-refractivity contribution in [3.63, 3.8) is 0 Å². The SMILES string of the molecule is CC(CNC1CCC(Nc2nccc(N(C)C)n2)CC1)c1ccccc1. The van der Waals surface area contributed by atoms with E-state index in [2.05, 4.69) is 57.9 Å². The second-order valence-corrected chi connectivity index (χ2v) is 7.55. The molecule has 1 atom stereocenters. The third-order valence-corrected chi connectivity index (χ3v) is 5.24. The van der Waals surface area contributed by atoms with Gasteiger partial charge in [0.25, 0.3) is 0 Å². The molecule has 0 aliphatic heterocycles. The first-order chi connectivity index (χ1) is 12.6. The van der Waals surface area contributed by atoms with E-state index in [1.165, 1.54) is 18.4 Å². The maximum Gasteiger partial charge on any atom is 0.224 e. The van der Waals surface area contributed by atoms with Gasteiger partial charge in [-0.1, -0.05) is 37.3 Å². The van der Waals surface area contributed by atoms with E-state index in [-0.39, 0.29) is 0 Å². The van der Waals surface area contributed by atoms with Crippen LogP contribution in [0, 0.1) is 0 Å². The lowest BCUT2D eigenvalue weighted by atomic mass is 9.90. The summed E-state index contributed by atoms with van der Waals surface area (Å²) in [4.78, 5) is 10.9. The van der Waals surface area contributed by atoms with Gasteiger partial charge in [0, 0.05) is 38.9 Å². The Balaban J connectivity index is 1.42. The fourth-order valence-electron chi connectivity index (χ4n) is 3.54. The van der Waals surface area contributed by atoms with Crippen LogP contribution < -0.4 is 15.5 Å². The van der Waals surface area contributed by atoms with Gasteiger partial charge in [-0.15, -0.1) is 0 Å². The zero-order valence-electron chi connectivity index (χ0n) is 16.2. The van der Waals surface area contributed by atoms with Crippen LogP contribution in [0.2, 0.25) is 0 Å². The zero-order valence-corrected chi connectivity index (χ0v) is 16.2. The summed E-state index contributed by atoms with van der Waals surface area (Å²) in [5, 5.41) is 7.27. The number of nitrogens with one attached hydrogen (secondary N) is 2. The third-order valence-electron chi connectivity index (χ3n) is 5.24. The van der Waals surface area contributed by atoms with Crippen LogP contribution in [-0.2, 0) is 0 Å². The van der Waals surface area contributed by atoms with Crippen molar-refractivity contribution in [2.45, 2.75) is 50.6 Å². The summed E-state index contributed by atoms with van der Waals surface area (Å²) < 4.78 is 0. The van der Waals surface area contributed by atoms with Gasteiger partial charge in [0.15, 0.2) is 0 Å². The molecule has 1 aromatic carbocycles. The normalized spacial score (nSPS) is 21.2. The number of nitrogens with zero attached hydrogens (tertiary/aromatic N) is 3. The van der Waals surface area contributed by atoms with Crippen LogP contribution in [0.1, 0.15) is 44.1 Å². The Bertz CT molecular complexity index is 665. The molecule has 0 radical (unpaired) electrons. The van der Waals surface area contributed by atoms with Crippen molar-refractivity contribution >= 4 is 11.8 Å². The van der Waals surface area contributed by atoms with Crippen LogP contribution in [0.5, 0.6) is 0 Å². The number of hydrogen-bond donors (Lipinski definition) is 2. The summed E-state index contributed by atoms with van der Waals surface area (Å²) in [6.07, 6.45) is 6.54. The van der Waals surface area contributed by atoms with E-state index in [4.69, 9.17) is 0 Å². The number of benzene rings is 1. The van der Waals surface area contributed by atoms with Crippen molar-refractivity contribution in [1.82, 2.24) is 15.3 Å². The maximum atomic E-state index is 4.57. The van der Waals surface area contributed by atoms with Gasteiger partial charge in [-0.3, -0.25) is 0 Å². The van der Waals surface area contributed by atoms with E-state index in [1.54, 1.807) is 0 Å². The van der Waals surface area contributed by atoms with E-state index < -0.39 is 0 Å². The summed E-state index contributed by atoms with van der Waals surface area (Å²) >= 11 is 0. The standard InChI is InChI=1S/C21H31N5/c1-16(17-7-5-4-6-8-17)15-23-18-9-11-19(12-10-18)24-21-22-14-13-20(25-21)26(2)3/h4-8,13-14,16,18-19,23H,9-12,15H2,1-3H3,(H,22,24,25).